The Bertz CT molecular complexity index is 1150. The second-order valence-corrected chi connectivity index (χ2v) is 7.43. The molecule has 0 bridgehead atoms. The van der Waals surface area contributed by atoms with Gasteiger partial charge in [0.2, 0.25) is 5.89 Å². The molecule has 1 fully saturated rings. The van der Waals surface area contributed by atoms with E-state index in [2.05, 4.69) is 14.6 Å². The van der Waals surface area contributed by atoms with E-state index in [0.29, 0.717) is 32.4 Å². The number of benzene rings is 2. The van der Waals surface area contributed by atoms with Crippen LogP contribution in [0.4, 0.5) is 32.0 Å². The molecule has 7 nitrogen and oxygen atoms in total. The molecule has 1 unspecified atom stereocenters. The van der Waals surface area contributed by atoms with Gasteiger partial charge in [-0.2, -0.15) is 13.2 Å². The van der Waals surface area contributed by atoms with E-state index in [1.807, 2.05) is 0 Å². The van der Waals surface area contributed by atoms with Crippen molar-refractivity contribution < 1.29 is 40.6 Å². The average Bonchev–Trinajstić information content (AvgIpc) is 3.30. The van der Waals surface area contributed by atoms with E-state index in [0.717, 1.165) is 23.1 Å². The number of halogens is 6. The van der Waals surface area contributed by atoms with Gasteiger partial charge in [-0.05, 0) is 24.3 Å². The molecule has 0 amide bonds. The molecule has 4 rings (SSSR count). The van der Waals surface area contributed by atoms with Crippen LogP contribution in [0, 0.1) is 17.5 Å². The molecular formula is C21H18F6N4O3. The van der Waals surface area contributed by atoms with E-state index in [9.17, 15) is 31.4 Å². The molecule has 2 heterocycles. The van der Waals surface area contributed by atoms with Crippen molar-refractivity contribution in [2.75, 3.05) is 31.2 Å². The number of anilines is 1. The van der Waals surface area contributed by atoms with Crippen LogP contribution in [-0.2, 0) is 17.5 Å². The van der Waals surface area contributed by atoms with E-state index in [4.69, 9.17) is 4.74 Å². The summed E-state index contributed by atoms with van der Waals surface area (Å²) in [6.45, 7) is 0.944. The number of morpholine rings is 1. The largest absolute Gasteiger partial charge is 0.470 e. The topological polar surface area (TPSA) is 74.9 Å². The maximum Gasteiger partial charge on any atom is 0.470 e. The van der Waals surface area contributed by atoms with E-state index < -0.39 is 41.8 Å². The number of alkyl halides is 3. The molecule has 1 atom stereocenters. The molecule has 0 radical (unpaired) electrons. The van der Waals surface area contributed by atoms with Gasteiger partial charge in [0.1, 0.15) is 17.5 Å². The zero-order valence-electron chi connectivity index (χ0n) is 17.4. The molecule has 1 N–H and O–H groups in total. The highest BCUT2D eigenvalue weighted by Crippen LogP contribution is 2.31. The van der Waals surface area contributed by atoms with E-state index >= 15 is 0 Å². The van der Waals surface area contributed by atoms with Gasteiger partial charge in [0.15, 0.2) is 6.35 Å². The van der Waals surface area contributed by atoms with Crippen LogP contribution in [0.3, 0.4) is 0 Å². The van der Waals surface area contributed by atoms with Crippen molar-refractivity contribution in [2.24, 2.45) is 0 Å². The summed E-state index contributed by atoms with van der Waals surface area (Å²) in [5, 5.41) is 17.1. The smallest absolute Gasteiger partial charge is 0.413 e. The Morgan fingerprint density at radius 2 is 1.74 bits per heavy atom. The first-order chi connectivity index (χ1) is 16.1. The zero-order valence-corrected chi connectivity index (χ0v) is 17.4. The molecule has 34 heavy (non-hydrogen) atoms. The summed E-state index contributed by atoms with van der Waals surface area (Å²) in [6.07, 6.45) is -6.24. The molecule has 0 aliphatic carbocycles. The number of hydrogen-bond acceptors (Lipinski definition) is 7. The number of aliphatic hydroxyl groups excluding tert-OH is 1. The number of hydrogen-bond donors (Lipinski definition) is 1. The third kappa shape index (κ3) is 5.16. The van der Waals surface area contributed by atoms with Crippen molar-refractivity contribution >= 4 is 5.69 Å². The Labute approximate surface area is 189 Å². The zero-order chi connectivity index (χ0) is 24.5. The minimum absolute atomic E-state index is 0.0182. The van der Waals surface area contributed by atoms with Crippen molar-refractivity contribution in [3.05, 3.63) is 65.3 Å². The first-order valence-electron chi connectivity index (χ1n) is 10.0. The molecular weight excluding hydrogens is 470 g/mol. The Morgan fingerprint density at radius 3 is 2.35 bits per heavy atom. The van der Waals surface area contributed by atoms with Crippen molar-refractivity contribution in [3.8, 4) is 11.5 Å². The maximum atomic E-state index is 14.9. The van der Waals surface area contributed by atoms with E-state index in [-0.39, 0.29) is 23.4 Å². The van der Waals surface area contributed by atoms with Crippen molar-refractivity contribution in [3.63, 3.8) is 0 Å². The summed E-state index contributed by atoms with van der Waals surface area (Å²) < 4.78 is 90.8. The quantitative estimate of drug-likeness (QED) is 0.418. The van der Waals surface area contributed by atoms with E-state index in [1.54, 1.807) is 4.90 Å². The summed E-state index contributed by atoms with van der Waals surface area (Å²) >= 11 is 0. The summed E-state index contributed by atoms with van der Waals surface area (Å²) in [7, 11) is 0. The highest BCUT2D eigenvalue weighted by Gasteiger charge is 2.38. The SMILES string of the molecule is OC(N1CCOCC1)N(Cc1ccc(-c2nnc(C(F)(F)F)o2)cc1F)c1ccc(F)cc1F. The predicted octanol–water partition coefficient (Wildman–Crippen LogP) is 3.79. The summed E-state index contributed by atoms with van der Waals surface area (Å²) in [5.74, 6) is -4.76. The highest BCUT2D eigenvalue weighted by molar-refractivity contribution is 5.55. The molecule has 182 valence electrons. The molecule has 1 aromatic heterocycles. The van der Waals surface area contributed by atoms with Gasteiger partial charge >= 0.3 is 12.1 Å². The fourth-order valence-corrected chi connectivity index (χ4v) is 3.46. The highest BCUT2D eigenvalue weighted by atomic mass is 19.4. The van der Waals surface area contributed by atoms with E-state index in [1.165, 1.54) is 12.1 Å². The van der Waals surface area contributed by atoms with Crippen LogP contribution >= 0.6 is 0 Å². The summed E-state index contributed by atoms with van der Waals surface area (Å²) in [6, 6.07) is 6.16. The molecule has 3 aromatic rings. The van der Waals surface area contributed by atoms with Gasteiger partial charge in [-0.15, -0.1) is 10.2 Å². The van der Waals surface area contributed by atoms with Crippen LogP contribution in [-0.4, -0.2) is 52.9 Å². The molecule has 0 saturated carbocycles. The van der Waals surface area contributed by atoms with Crippen LogP contribution in [0.1, 0.15) is 11.5 Å². The monoisotopic (exact) mass is 488 g/mol. The lowest BCUT2D eigenvalue weighted by molar-refractivity contribution is -0.156. The third-order valence-corrected chi connectivity index (χ3v) is 5.18. The van der Waals surface area contributed by atoms with Crippen LogP contribution in [0.25, 0.3) is 11.5 Å². The van der Waals surface area contributed by atoms with Gasteiger partial charge in [-0.25, -0.2) is 13.2 Å². The number of nitrogens with zero attached hydrogens (tertiary/aromatic N) is 4. The molecule has 13 heteroatoms. The second kappa shape index (κ2) is 9.60. The fraction of sp³-hybridized carbons (Fsp3) is 0.333. The Balaban J connectivity index is 1.63. The van der Waals surface area contributed by atoms with Gasteiger partial charge in [0.05, 0.1) is 18.9 Å². The average molecular weight is 488 g/mol. The minimum Gasteiger partial charge on any atom is -0.413 e. The lowest BCUT2D eigenvalue weighted by Crippen LogP contribution is -2.52. The summed E-state index contributed by atoms with van der Waals surface area (Å²) in [5.41, 5.74) is -0.288. The number of aliphatic hydroxyl groups is 1. The normalized spacial score (nSPS) is 16.0. The van der Waals surface area contributed by atoms with Crippen molar-refractivity contribution in [2.45, 2.75) is 19.1 Å². The number of aromatic nitrogens is 2. The third-order valence-electron chi connectivity index (χ3n) is 5.18. The molecule has 1 saturated heterocycles. The molecule has 1 aliphatic rings. The fourth-order valence-electron chi connectivity index (χ4n) is 3.46. The second-order valence-electron chi connectivity index (χ2n) is 7.43. The standard InChI is InChI=1S/C21H18F6N4O3/c22-14-3-4-17(16(24)10-14)31(20(32)30-5-7-33-8-6-30)11-13-2-1-12(9-15(13)23)18-28-29-19(34-18)21(25,26)27/h1-4,9-10,20,32H,5-8,11H2. The minimum atomic E-state index is -4.85. The lowest BCUT2D eigenvalue weighted by atomic mass is 10.1. The van der Waals surface area contributed by atoms with Gasteiger partial charge < -0.3 is 19.2 Å². The first kappa shape index (κ1) is 24.0. The van der Waals surface area contributed by atoms with Gasteiger partial charge in [0, 0.05) is 36.8 Å². The van der Waals surface area contributed by atoms with Gasteiger partial charge in [0.25, 0.3) is 0 Å². The van der Waals surface area contributed by atoms with Crippen LogP contribution in [0.5, 0.6) is 0 Å². The Morgan fingerprint density at radius 1 is 1.00 bits per heavy atom. The molecule has 0 spiro atoms. The number of rotatable bonds is 6. The van der Waals surface area contributed by atoms with Crippen LogP contribution < -0.4 is 4.90 Å². The van der Waals surface area contributed by atoms with Crippen molar-refractivity contribution in [1.29, 1.82) is 0 Å². The Hall–Kier alpha value is -3.16. The van der Waals surface area contributed by atoms with Gasteiger partial charge in [-0.1, -0.05) is 6.07 Å². The molecule has 2 aromatic carbocycles. The predicted molar refractivity (Wildman–Crippen MR) is 106 cm³/mol. The van der Waals surface area contributed by atoms with Crippen LogP contribution in [0.2, 0.25) is 0 Å². The summed E-state index contributed by atoms with van der Waals surface area (Å²) in [4.78, 5) is 2.72. The lowest BCUT2D eigenvalue weighted by Gasteiger charge is -2.39. The Kier molecular flexibility index (Phi) is 6.77. The van der Waals surface area contributed by atoms with Crippen LogP contribution in [0.15, 0.2) is 40.8 Å². The maximum absolute atomic E-state index is 14.9. The van der Waals surface area contributed by atoms with Crippen molar-refractivity contribution in [1.82, 2.24) is 15.1 Å². The first-order valence-corrected chi connectivity index (χ1v) is 10.0. The number of ether oxygens (including phenoxy) is 1. The molecule has 1 aliphatic heterocycles. The van der Waals surface area contributed by atoms with Gasteiger partial charge in [-0.3, -0.25) is 4.90 Å².